The lowest BCUT2D eigenvalue weighted by Gasteiger charge is -2.36. The van der Waals surface area contributed by atoms with Gasteiger partial charge in [-0.05, 0) is 42.2 Å². The third kappa shape index (κ3) is 4.96. The Bertz CT molecular complexity index is 548. The standard InChI is InChI=1S/C19H28NO3/c1-19(2,3)15(7-9-18(21)22)12-16(20)13-6-8-17-14(11-13)5-4-10-23-17/h6,8,11,15-16,20H,4-5,7,9-10,12H2,1-3H3,(H,21,22)/q-1/t15?,16-/m1/s1. The number of fused-ring (bicyclic) bond motifs is 1. The van der Waals surface area contributed by atoms with Gasteiger partial charge in [-0.25, -0.2) is 0 Å². The molecule has 0 spiro atoms. The minimum atomic E-state index is -0.758. The van der Waals surface area contributed by atoms with E-state index in [9.17, 15) is 4.79 Å². The lowest BCUT2D eigenvalue weighted by molar-refractivity contribution is -0.137. The van der Waals surface area contributed by atoms with Crippen LogP contribution in [0.1, 0.15) is 63.6 Å². The molecule has 2 atom stereocenters. The predicted molar refractivity (Wildman–Crippen MR) is 91.8 cm³/mol. The van der Waals surface area contributed by atoms with Gasteiger partial charge in [0.15, 0.2) is 0 Å². The maximum absolute atomic E-state index is 10.9. The van der Waals surface area contributed by atoms with Gasteiger partial charge in [0.05, 0.1) is 6.61 Å². The summed E-state index contributed by atoms with van der Waals surface area (Å²) in [6.07, 6.45) is 3.53. The summed E-state index contributed by atoms with van der Waals surface area (Å²) in [7, 11) is 0. The fraction of sp³-hybridized carbons (Fsp3) is 0.632. The summed E-state index contributed by atoms with van der Waals surface area (Å²) in [4.78, 5) is 10.9. The van der Waals surface area contributed by atoms with Crippen molar-refractivity contribution in [2.45, 2.75) is 58.9 Å². The van der Waals surface area contributed by atoms with E-state index in [1.54, 1.807) is 0 Å². The molecule has 4 heteroatoms. The number of benzene rings is 1. The number of nitrogens with one attached hydrogen (secondary N) is 1. The molecule has 0 saturated heterocycles. The monoisotopic (exact) mass is 318 g/mol. The third-order valence-corrected chi connectivity index (χ3v) is 4.79. The van der Waals surface area contributed by atoms with E-state index in [1.165, 1.54) is 5.56 Å². The number of carboxylic acids is 1. The lowest BCUT2D eigenvalue weighted by Crippen LogP contribution is -2.23. The molecule has 0 aliphatic carbocycles. The smallest absolute Gasteiger partial charge is 0.303 e. The molecule has 0 amide bonds. The second kappa shape index (κ2) is 7.35. The van der Waals surface area contributed by atoms with E-state index in [0.29, 0.717) is 12.8 Å². The van der Waals surface area contributed by atoms with E-state index in [2.05, 4.69) is 26.8 Å². The van der Waals surface area contributed by atoms with Gasteiger partial charge in [0.1, 0.15) is 5.75 Å². The van der Waals surface area contributed by atoms with Crippen molar-refractivity contribution in [2.75, 3.05) is 6.61 Å². The van der Waals surface area contributed by atoms with Crippen LogP contribution in [-0.4, -0.2) is 17.7 Å². The van der Waals surface area contributed by atoms with Crippen LogP contribution in [0, 0.1) is 11.3 Å². The molecular weight excluding hydrogens is 290 g/mol. The van der Waals surface area contributed by atoms with E-state index in [4.69, 9.17) is 15.6 Å². The van der Waals surface area contributed by atoms with Crippen LogP contribution < -0.4 is 4.74 Å². The maximum Gasteiger partial charge on any atom is 0.303 e. The van der Waals surface area contributed by atoms with E-state index >= 15 is 0 Å². The topological polar surface area (TPSA) is 70.3 Å². The first kappa shape index (κ1) is 17.8. The molecule has 0 saturated carbocycles. The summed E-state index contributed by atoms with van der Waals surface area (Å²) in [5.74, 6) is 0.408. The van der Waals surface area contributed by atoms with Gasteiger partial charge in [0.25, 0.3) is 0 Å². The third-order valence-electron chi connectivity index (χ3n) is 4.79. The molecule has 2 N–H and O–H groups in total. The minimum Gasteiger partial charge on any atom is -0.671 e. The van der Waals surface area contributed by atoms with Crippen molar-refractivity contribution in [3.8, 4) is 5.75 Å². The number of rotatable bonds is 6. The number of carboxylic acid groups (broad SMARTS) is 1. The van der Waals surface area contributed by atoms with Gasteiger partial charge in [-0.15, -0.1) is 6.04 Å². The number of hydrogen-bond donors (Lipinski definition) is 1. The molecular formula is C19H28NO3-. The first-order valence-electron chi connectivity index (χ1n) is 8.46. The van der Waals surface area contributed by atoms with Gasteiger partial charge in [-0.3, -0.25) is 4.79 Å². The molecule has 1 aromatic carbocycles. The van der Waals surface area contributed by atoms with Gasteiger partial charge in [-0.1, -0.05) is 44.9 Å². The highest BCUT2D eigenvalue weighted by Crippen LogP contribution is 2.39. The van der Waals surface area contributed by atoms with Crippen molar-refractivity contribution in [1.82, 2.24) is 0 Å². The van der Waals surface area contributed by atoms with Crippen molar-refractivity contribution < 1.29 is 14.6 Å². The summed E-state index contributed by atoms with van der Waals surface area (Å²) >= 11 is 0. The molecule has 23 heavy (non-hydrogen) atoms. The Hall–Kier alpha value is -1.55. The van der Waals surface area contributed by atoms with Gasteiger partial charge in [0, 0.05) is 6.42 Å². The molecule has 0 bridgehead atoms. The fourth-order valence-corrected chi connectivity index (χ4v) is 3.22. The van der Waals surface area contributed by atoms with Crippen LogP contribution in [0.2, 0.25) is 0 Å². The lowest BCUT2D eigenvalue weighted by atomic mass is 9.74. The SMILES string of the molecule is CC(C)(C)C(CCC(=O)O)C[C@@H]([NH-])c1ccc2c(c1)CCCO2. The molecule has 2 rings (SSSR count). The first-order valence-corrected chi connectivity index (χ1v) is 8.46. The van der Waals surface area contributed by atoms with Crippen LogP contribution in [0.25, 0.3) is 5.73 Å². The Morgan fingerprint density at radius 3 is 2.78 bits per heavy atom. The van der Waals surface area contributed by atoms with Gasteiger partial charge in [0.2, 0.25) is 0 Å². The number of carbonyl (C=O) groups is 1. The zero-order chi connectivity index (χ0) is 17.0. The average molecular weight is 318 g/mol. The Kier molecular flexibility index (Phi) is 5.69. The molecule has 1 aliphatic heterocycles. The van der Waals surface area contributed by atoms with E-state index in [0.717, 1.165) is 30.8 Å². The fourth-order valence-electron chi connectivity index (χ4n) is 3.22. The molecule has 0 aromatic heterocycles. The van der Waals surface area contributed by atoms with Crippen LogP contribution in [0.15, 0.2) is 18.2 Å². The Balaban J connectivity index is 2.08. The maximum atomic E-state index is 10.9. The van der Waals surface area contributed by atoms with Crippen LogP contribution >= 0.6 is 0 Å². The van der Waals surface area contributed by atoms with Gasteiger partial charge >= 0.3 is 5.97 Å². The number of ether oxygens (including phenoxy) is 1. The van der Waals surface area contributed by atoms with Crippen LogP contribution in [0.5, 0.6) is 5.75 Å². The highest BCUT2D eigenvalue weighted by molar-refractivity contribution is 5.66. The van der Waals surface area contributed by atoms with E-state index in [-0.39, 0.29) is 23.8 Å². The largest absolute Gasteiger partial charge is 0.671 e. The van der Waals surface area contributed by atoms with Crippen LogP contribution in [-0.2, 0) is 11.2 Å². The predicted octanol–water partition coefficient (Wildman–Crippen LogP) is 5.02. The quantitative estimate of drug-likeness (QED) is 0.800. The highest BCUT2D eigenvalue weighted by Gasteiger charge is 2.26. The van der Waals surface area contributed by atoms with Crippen molar-refractivity contribution in [3.05, 3.63) is 35.1 Å². The molecule has 0 fully saturated rings. The summed E-state index contributed by atoms with van der Waals surface area (Å²) in [6, 6.07) is 5.75. The Morgan fingerprint density at radius 1 is 1.39 bits per heavy atom. The van der Waals surface area contributed by atoms with E-state index < -0.39 is 5.97 Å². The molecule has 1 aliphatic rings. The highest BCUT2D eigenvalue weighted by atomic mass is 16.5. The number of aliphatic carboxylic acids is 1. The molecule has 128 valence electrons. The van der Waals surface area contributed by atoms with Crippen molar-refractivity contribution in [2.24, 2.45) is 11.3 Å². The van der Waals surface area contributed by atoms with Crippen LogP contribution in [0.3, 0.4) is 0 Å². The molecule has 0 radical (unpaired) electrons. The first-order chi connectivity index (χ1) is 10.8. The zero-order valence-corrected chi connectivity index (χ0v) is 14.4. The normalized spacial score (nSPS) is 17.0. The summed E-state index contributed by atoms with van der Waals surface area (Å²) < 4.78 is 5.63. The van der Waals surface area contributed by atoms with Crippen molar-refractivity contribution in [1.29, 1.82) is 0 Å². The van der Waals surface area contributed by atoms with Crippen molar-refractivity contribution in [3.63, 3.8) is 0 Å². The summed E-state index contributed by atoms with van der Waals surface area (Å²) in [6.45, 7) is 7.17. The molecule has 1 heterocycles. The molecule has 4 nitrogen and oxygen atoms in total. The van der Waals surface area contributed by atoms with Gasteiger partial charge in [-0.2, -0.15) is 0 Å². The number of aryl methyl sites for hydroxylation is 1. The van der Waals surface area contributed by atoms with Gasteiger partial charge < -0.3 is 15.6 Å². The van der Waals surface area contributed by atoms with Crippen molar-refractivity contribution >= 4 is 5.97 Å². The summed E-state index contributed by atoms with van der Waals surface area (Å²) in [5, 5.41) is 8.95. The Morgan fingerprint density at radius 2 is 2.13 bits per heavy atom. The van der Waals surface area contributed by atoms with Crippen LogP contribution in [0.4, 0.5) is 0 Å². The molecule has 1 aromatic rings. The Labute approximate surface area is 139 Å². The van der Waals surface area contributed by atoms with E-state index in [1.807, 2.05) is 12.1 Å². The minimum absolute atomic E-state index is 0.00602. The average Bonchev–Trinajstić information content (AvgIpc) is 2.49. The second-order valence-electron chi connectivity index (χ2n) is 7.60. The zero-order valence-electron chi connectivity index (χ0n) is 14.4. The number of hydrogen-bond acceptors (Lipinski definition) is 2. The summed E-state index contributed by atoms with van der Waals surface area (Å²) in [5.41, 5.74) is 10.8. The second-order valence-corrected chi connectivity index (χ2v) is 7.60. The molecule has 1 unspecified atom stereocenters.